The molecule has 1 fully saturated rings. The van der Waals surface area contributed by atoms with Crippen molar-refractivity contribution in [3.05, 3.63) is 17.8 Å². The minimum Gasteiger partial charge on any atom is -0.369 e. The molecule has 1 saturated heterocycles. The lowest BCUT2D eigenvalue weighted by atomic mass is 10.1. The minimum atomic E-state index is -0.0113. The van der Waals surface area contributed by atoms with Crippen LogP contribution >= 0.6 is 11.8 Å². The van der Waals surface area contributed by atoms with E-state index in [0.29, 0.717) is 5.69 Å². The molecule has 0 aromatic carbocycles. The molecule has 0 spiro atoms. The normalized spacial score (nSPS) is 18.1. The summed E-state index contributed by atoms with van der Waals surface area (Å²) in [7, 11) is 0. The van der Waals surface area contributed by atoms with E-state index in [2.05, 4.69) is 36.3 Å². The molecule has 6 heteroatoms. The second kappa shape index (κ2) is 7.11. The summed E-state index contributed by atoms with van der Waals surface area (Å²) in [6, 6.07) is 3.59. The Labute approximate surface area is 130 Å². The van der Waals surface area contributed by atoms with Crippen LogP contribution in [0.15, 0.2) is 12.1 Å². The van der Waals surface area contributed by atoms with Crippen molar-refractivity contribution in [3.63, 3.8) is 0 Å². The number of aromatic nitrogens is 2. The summed E-state index contributed by atoms with van der Waals surface area (Å²) in [4.78, 5) is 14.4. The van der Waals surface area contributed by atoms with Crippen molar-refractivity contribution in [3.8, 4) is 0 Å². The molecule has 0 saturated carbocycles. The summed E-state index contributed by atoms with van der Waals surface area (Å²) in [6.45, 7) is 9.00. The number of nitrogens with one attached hydrogen (secondary N) is 1. The van der Waals surface area contributed by atoms with Gasteiger partial charge in [-0.05, 0) is 25.0 Å². The van der Waals surface area contributed by atoms with E-state index in [4.69, 9.17) is 0 Å². The van der Waals surface area contributed by atoms with Crippen LogP contribution in [0.3, 0.4) is 0 Å². The number of anilines is 1. The highest BCUT2D eigenvalue weighted by Crippen LogP contribution is 2.30. The van der Waals surface area contributed by atoms with Crippen LogP contribution in [0.4, 0.5) is 5.82 Å². The molecule has 0 unspecified atom stereocenters. The lowest BCUT2D eigenvalue weighted by Gasteiger charge is -2.22. The lowest BCUT2D eigenvalue weighted by molar-refractivity contribution is 0.0757. The summed E-state index contributed by atoms with van der Waals surface area (Å²) in [5.41, 5.74) is 0.432. The van der Waals surface area contributed by atoms with Crippen LogP contribution in [-0.4, -0.2) is 51.1 Å². The molecular formula is C15H24N4OS. The van der Waals surface area contributed by atoms with Gasteiger partial charge in [-0.2, -0.15) is 11.8 Å². The summed E-state index contributed by atoms with van der Waals surface area (Å²) < 4.78 is 0.245. The number of hydrogen-bond donors (Lipinski definition) is 1. The first kappa shape index (κ1) is 16.1. The minimum absolute atomic E-state index is 0.0113. The van der Waals surface area contributed by atoms with E-state index in [9.17, 15) is 4.79 Å². The predicted octanol–water partition coefficient (Wildman–Crippen LogP) is 2.66. The summed E-state index contributed by atoms with van der Waals surface area (Å²) >= 11 is 1.93. The van der Waals surface area contributed by atoms with Crippen LogP contribution in [0, 0.1) is 0 Å². The third kappa shape index (κ3) is 4.59. The van der Waals surface area contributed by atoms with Crippen molar-refractivity contribution < 1.29 is 4.79 Å². The van der Waals surface area contributed by atoms with Gasteiger partial charge in [-0.15, -0.1) is 10.2 Å². The number of carbonyl (C=O) groups is 1. The van der Waals surface area contributed by atoms with Gasteiger partial charge < -0.3 is 10.2 Å². The van der Waals surface area contributed by atoms with Gasteiger partial charge in [0.15, 0.2) is 5.69 Å². The summed E-state index contributed by atoms with van der Waals surface area (Å²) in [5.74, 6) is 1.69. The number of carbonyl (C=O) groups excluding carboxylic acids is 1. The number of rotatable bonds is 4. The molecule has 0 bridgehead atoms. The van der Waals surface area contributed by atoms with Gasteiger partial charge in [0.2, 0.25) is 0 Å². The maximum atomic E-state index is 12.5. The van der Waals surface area contributed by atoms with E-state index < -0.39 is 0 Å². The molecule has 2 heterocycles. The van der Waals surface area contributed by atoms with Crippen molar-refractivity contribution in [2.45, 2.75) is 38.4 Å². The SMILES string of the molecule is CCCNc1ccc(C(=O)N2CCSC(C)(C)CC2)nn1. The van der Waals surface area contributed by atoms with Crippen molar-refractivity contribution >= 4 is 23.5 Å². The summed E-state index contributed by atoms with van der Waals surface area (Å²) in [6.07, 6.45) is 2.04. The second-order valence-corrected chi connectivity index (χ2v) is 7.68. The third-order valence-corrected chi connectivity index (χ3v) is 4.94. The molecule has 116 valence electrons. The molecule has 1 aliphatic heterocycles. The lowest BCUT2D eigenvalue weighted by Crippen LogP contribution is -2.34. The van der Waals surface area contributed by atoms with Crippen LogP contribution in [0.1, 0.15) is 44.1 Å². The highest BCUT2D eigenvalue weighted by molar-refractivity contribution is 8.00. The van der Waals surface area contributed by atoms with Crippen molar-refractivity contribution in [2.24, 2.45) is 0 Å². The molecule has 1 aromatic rings. The van der Waals surface area contributed by atoms with Gasteiger partial charge in [-0.25, -0.2) is 0 Å². The standard InChI is InChI=1S/C15H24N4OS/c1-4-8-16-13-6-5-12(17-18-13)14(20)19-9-7-15(2,3)21-11-10-19/h5-6H,4,7-11H2,1-3H3,(H,16,18). The van der Waals surface area contributed by atoms with Crippen LogP contribution in [0.25, 0.3) is 0 Å². The quantitative estimate of drug-likeness (QED) is 0.926. The molecule has 1 N–H and O–H groups in total. The van der Waals surface area contributed by atoms with E-state index >= 15 is 0 Å². The van der Waals surface area contributed by atoms with Crippen molar-refractivity contribution in [2.75, 3.05) is 30.7 Å². The number of hydrogen-bond acceptors (Lipinski definition) is 5. The molecular weight excluding hydrogens is 284 g/mol. The average Bonchev–Trinajstić information content (AvgIpc) is 2.66. The van der Waals surface area contributed by atoms with Crippen molar-refractivity contribution in [1.29, 1.82) is 0 Å². The van der Waals surface area contributed by atoms with Crippen LogP contribution in [0.5, 0.6) is 0 Å². The topological polar surface area (TPSA) is 58.1 Å². The zero-order valence-electron chi connectivity index (χ0n) is 13.1. The van der Waals surface area contributed by atoms with E-state index in [1.165, 1.54) is 0 Å². The van der Waals surface area contributed by atoms with Crippen LogP contribution in [-0.2, 0) is 0 Å². The largest absolute Gasteiger partial charge is 0.369 e. The molecule has 1 aromatic heterocycles. The second-order valence-electron chi connectivity index (χ2n) is 5.88. The van der Waals surface area contributed by atoms with E-state index in [1.807, 2.05) is 22.7 Å². The Morgan fingerprint density at radius 3 is 2.86 bits per heavy atom. The van der Waals surface area contributed by atoms with E-state index in [1.54, 1.807) is 6.07 Å². The molecule has 5 nitrogen and oxygen atoms in total. The fraction of sp³-hybridized carbons (Fsp3) is 0.667. The zero-order chi connectivity index (χ0) is 15.3. The Bertz CT molecular complexity index is 475. The monoisotopic (exact) mass is 308 g/mol. The highest BCUT2D eigenvalue weighted by Gasteiger charge is 2.27. The van der Waals surface area contributed by atoms with E-state index in [-0.39, 0.29) is 10.7 Å². The van der Waals surface area contributed by atoms with Crippen molar-refractivity contribution in [1.82, 2.24) is 15.1 Å². The molecule has 0 atom stereocenters. The van der Waals surface area contributed by atoms with Crippen LogP contribution in [0.2, 0.25) is 0 Å². The average molecular weight is 308 g/mol. The number of amides is 1. The molecule has 21 heavy (non-hydrogen) atoms. The maximum absolute atomic E-state index is 12.5. The van der Waals surface area contributed by atoms with Gasteiger partial charge in [0.05, 0.1) is 0 Å². The predicted molar refractivity (Wildman–Crippen MR) is 87.9 cm³/mol. The number of nitrogens with zero attached hydrogens (tertiary/aromatic N) is 3. The Hall–Kier alpha value is -1.30. The third-order valence-electron chi connectivity index (χ3n) is 3.56. The zero-order valence-corrected chi connectivity index (χ0v) is 13.9. The Kier molecular flexibility index (Phi) is 5.45. The maximum Gasteiger partial charge on any atom is 0.274 e. The molecule has 0 radical (unpaired) electrons. The van der Waals surface area contributed by atoms with Gasteiger partial charge in [0, 0.05) is 30.1 Å². The van der Waals surface area contributed by atoms with Gasteiger partial charge in [-0.3, -0.25) is 4.79 Å². The first-order valence-electron chi connectivity index (χ1n) is 7.53. The smallest absolute Gasteiger partial charge is 0.274 e. The fourth-order valence-electron chi connectivity index (χ4n) is 2.18. The Morgan fingerprint density at radius 1 is 1.38 bits per heavy atom. The molecule has 1 aliphatic rings. The highest BCUT2D eigenvalue weighted by atomic mass is 32.2. The van der Waals surface area contributed by atoms with Crippen LogP contribution < -0.4 is 5.32 Å². The molecule has 0 aliphatic carbocycles. The number of thioether (sulfide) groups is 1. The van der Waals surface area contributed by atoms with Gasteiger partial charge >= 0.3 is 0 Å². The van der Waals surface area contributed by atoms with E-state index in [0.717, 1.165) is 44.0 Å². The van der Waals surface area contributed by atoms with Gasteiger partial charge in [-0.1, -0.05) is 20.8 Å². The Balaban J connectivity index is 1.99. The molecule has 2 rings (SSSR count). The van der Waals surface area contributed by atoms with Gasteiger partial charge in [0.1, 0.15) is 5.82 Å². The fourth-order valence-corrected chi connectivity index (χ4v) is 3.28. The summed E-state index contributed by atoms with van der Waals surface area (Å²) in [5, 5.41) is 11.3. The first-order chi connectivity index (χ1) is 10.0. The molecule has 1 amide bonds. The Morgan fingerprint density at radius 2 is 2.19 bits per heavy atom. The first-order valence-corrected chi connectivity index (χ1v) is 8.51. The van der Waals surface area contributed by atoms with Gasteiger partial charge in [0.25, 0.3) is 5.91 Å².